The van der Waals surface area contributed by atoms with E-state index in [0.717, 1.165) is 19.0 Å². The molecule has 0 N–H and O–H groups in total. The van der Waals surface area contributed by atoms with Crippen LogP contribution in [-0.4, -0.2) is 51.0 Å². The maximum Gasteiger partial charge on any atom is 0.280 e. The molecule has 1 aromatic heterocycles. The predicted octanol–water partition coefficient (Wildman–Crippen LogP) is 5.00. The number of nitrogens with zero attached hydrogens (tertiary/aromatic N) is 4. The van der Waals surface area contributed by atoms with Crippen LogP contribution >= 0.6 is 27.3 Å². The molecule has 0 atom stereocenters. The van der Waals surface area contributed by atoms with Gasteiger partial charge in [-0.25, -0.2) is 17.7 Å². The van der Waals surface area contributed by atoms with Crippen LogP contribution in [0.2, 0.25) is 0 Å². The van der Waals surface area contributed by atoms with Crippen molar-refractivity contribution in [1.82, 2.24) is 9.29 Å². The average Bonchev–Trinajstić information content (AvgIpc) is 3.28. The van der Waals surface area contributed by atoms with Crippen LogP contribution in [-0.2, 0) is 10.0 Å². The van der Waals surface area contributed by atoms with E-state index in [4.69, 9.17) is 4.74 Å². The molecule has 0 spiro atoms. The van der Waals surface area contributed by atoms with Gasteiger partial charge in [0, 0.05) is 24.1 Å². The minimum atomic E-state index is -3.61. The minimum absolute atomic E-state index is 0.0936. The molecule has 0 radical (unpaired) electrons. The molecule has 4 aromatic rings. The first-order chi connectivity index (χ1) is 16.7. The van der Waals surface area contributed by atoms with E-state index in [2.05, 4.69) is 26.0 Å². The molecule has 35 heavy (non-hydrogen) atoms. The summed E-state index contributed by atoms with van der Waals surface area (Å²) in [5.74, 6) is 0.236. The van der Waals surface area contributed by atoms with E-state index in [1.807, 2.05) is 36.4 Å². The maximum absolute atomic E-state index is 13.5. The van der Waals surface area contributed by atoms with Crippen molar-refractivity contribution < 1.29 is 17.9 Å². The van der Waals surface area contributed by atoms with Crippen molar-refractivity contribution in [2.45, 2.75) is 4.90 Å². The van der Waals surface area contributed by atoms with Gasteiger partial charge in [0.05, 0.1) is 28.4 Å². The van der Waals surface area contributed by atoms with Gasteiger partial charge in [-0.15, -0.1) is 0 Å². The van der Waals surface area contributed by atoms with Gasteiger partial charge in [0.15, 0.2) is 0 Å². The Morgan fingerprint density at radius 3 is 2.37 bits per heavy atom. The highest BCUT2D eigenvalue weighted by Crippen LogP contribution is 2.32. The fourth-order valence-corrected chi connectivity index (χ4v) is 5.19. The number of ether oxygens (including phenoxy) is 1. The van der Waals surface area contributed by atoms with E-state index in [-0.39, 0.29) is 10.5 Å². The summed E-state index contributed by atoms with van der Waals surface area (Å²) < 4.78 is 33.0. The zero-order valence-electron chi connectivity index (χ0n) is 19.0. The third-order valence-corrected chi connectivity index (χ3v) is 8.38. The van der Waals surface area contributed by atoms with E-state index in [1.54, 1.807) is 19.4 Å². The summed E-state index contributed by atoms with van der Waals surface area (Å²) in [6, 6.07) is 18.7. The Morgan fingerprint density at radius 1 is 1.06 bits per heavy atom. The maximum atomic E-state index is 13.5. The molecule has 0 bridgehead atoms. The van der Waals surface area contributed by atoms with Crippen LogP contribution in [0.1, 0.15) is 15.9 Å². The summed E-state index contributed by atoms with van der Waals surface area (Å²) in [5.41, 5.74) is 1.77. The number of methoxy groups -OCH3 is 1. The number of amides is 1. The Hall–Kier alpha value is -3.12. The van der Waals surface area contributed by atoms with Crippen molar-refractivity contribution in [2.75, 3.05) is 26.2 Å². The molecule has 0 saturated heterocycles. The number of sulfonamides is 1. The number of anilines is 1. The average molecular weight is 573 g/mol. The molecule has 0 aliphatic rings. The lowest BCUT2D eigenvalue weighted by atomic mass is 10.2. The van der Waals surface area contributed by atoms with Gasteiger partial charge in [0.2, 0.25) is 15.2 Å². The first-order valence-electron chi connectivity index (χ1n) is 10.3. The highest BCUT2D eigenvalue weighted by atomic mass is 79.9. The first kappa shape index (κ1) is 25.0. The van der Waals surface area contributed by atoms with Gasteiger partial charge in [-0.3, -0.25) is 4.79 Å². The van der Waals surface area contributed by atoms with Crippen molar-refractivity contribution >= 4 is 64.8 Å². The molecule has 0 unspecified atom stereocenters. The lowest BCUT2D eigenvalue weighted by molar-refractivity contribution is 0.0987. The van der Waals surface area contributed by atoms with Gasteiger partial charge in [-0.05, 0) is 60.2 Å². The highest BCUT2D eigenvalue weighted by molar-refractivity contribution is 9.10. The van der Waals surface area contributed by atoms with Gasteiger partial charge in [0.25, 0.3) is 5.91 Å². The summed E-state index contributed by atoms with van der Waals surface area (Å²) in [5, 5.41) is 6.03. The number of rotatable bonds is 7. The quantitative estimate of drug-likeness (QED) is 0.229. The van der Waals surface area contributed by atoms with Gasteiger partial charge in [-0.1, -0.05) is 39.4 Å². The van der Waals surface area contributed by atoms with Crippen LogP contribution in [0, 0.1) is 0 Å². The summed E-state index contributed by atoms with van der Waals surface area (Å²) in [7, 11) is 0.879. The van der Waals surface area contributed by atoms with Crippen LogP contribution < -0.4 is 9.75 Å². The first-order valence-corrected chi connectivity index (χ1v) is 13.3. The summed E-state index contributed by atoms with van der Waals surface area (Å²) in [4.78, 5) is 18.2. The van der Waals surface area contributed by atoms with Gasteiger partial charge in [0.1, 0.15) is 5.75 Å². The van der Waals surface area contributed by atoms with E-state index in [0.29, 0.717) is 16.4 Å². The second-order valence-electron chi connectivity index (χ2n) is 7.55. The molecule has 0 fully saturated rings. The SMILES string of the molecule is COc1ccc2nc(N(/N=C/c3ccc(Br)cc3)C(=O)c3ccc(S(=O)(=O)N(C)C)cc3)sc2c1. The largest absolute Gasteiger partial charge is 0.497 e. The second-order valence-corrected chi connectivity index (χ2v) is 11.6. The zero-order valence-corrected chi connectivity index (χ0v) is 22.3. The highest BCUT2D eigenvalue weighted by Gasteiger charge is 2.23. The number of carbonyl (C=O) groups excluding carboxylic acids is 1. The molecular weight excluding hydrogens is 552 g/mol. The number of halogens is 1. The second kappa shape index (κ2) is 10.2. The number of carbonyl (C=O) groups is 1. The molecule has 11 heteroatoms. The molecule has 4 rings (SSSR count). The van der Waals surface area contributed by atoms with Crippen LogP contribution in [0.3, 0.4) is 0 Å². The molecule has 3 aromatic carbocycles. The Labute approximate surface area is 215 Å². The van der Waals surface area contributed by atoms with Crippen molar-refractivity contribution in [1.29, 1.82) is 0 Å². The number of hydrazone groups is 1. The Balaban J connectivity index is 1.73. The van der Waals surface area contributed by atoms with Gasteiger partial charge in [-0.2, -0.15) is 10.1 Å². The Morgan fingerprint density at radius 2 is 1.74 bits per heavy atom. The molecular formula is C24H21BrN4O4S2. The van der Waals surface area contributed by atoms with Gasteiger partial charge >= 0.3 is 0 Å². The lowest BCUT2D eigenvalue weighted by Crippen LogP contribution is -2.26. The standard InChI is InChI=1S/C24H21BrN4O4S2/c1-28(2)35(31,32)20-11-6-17(7-12-20)23(30)29(26-15-16-4-8-18(25)9-5-16)24-27-21-13-10-19(33-3)14-22(21)34-24/h4-15H,1-3H3/b26-15+. The van der Waals surface area contributed by atoms with Crippen LogP contribution in [0.4, 0.5) is 5.13 Å². The number of hydrogen-bond donors (Lipinski definition) is 0. The van der Waals surface area contributed by atoms with Crippen molar-refractivity contribution in [3.63, 3.8) is 0 Å². The van der Waals surface area contributed by atoms with Crippen molar-refractivity contribution in [2.24, 2.45) is 5.10 Å². The monoisotopic (exact) mass is 572 g/mol. The molecule has 0 aliphatic carbocycles. The summed E-state index contributed by atoms with van der Waals surface area (Å²) in [6.45, 7) is 0. The fourth-order valence-electron chi connectivity index (χ4n) is 3.07. The molecule has 180 valence electrons. The summed E-state index contributed by atoms with van der Waals surface area (Å²) in [6.07, 6.45) is 1.57. The minimum Gasteiger partial charge on any atom is -0.497 e. The van der Waals surface area contributed by atoms with E-state index in [9.17, 15) is 13.2 Å². The molecule has 0 aliphatic heterocycles. The third-order valence-electron chi connectivity index (χ3n) is 5.03. The number of aromatic nitrogens is 1. The molecule has 0 saturated carbocycles. The van der Waals surface area contributed by atoms with E-state index >= 15 is 0 Å². The van der Waals surface area contributed by atoms with Crippen molar-refractivity contribution in [3.8, 4) is 5.75 Å². The van der Waals surface area contributed by atoms with Gasteiger partial charge < -0.3 is 4.74 Å². The lowest BCUT2D eigenvalue weighted by Gasteiger charge is -2.15. The predicted molar refractivity (Wildman–Crippen MR) is 142 cm³/mol. The Kier molecular flexibility index (Phi) is 7.31. The number of fused-ring (bicyclic) bond motifs is 1. The number of thiazole rings is 1. The van der Waals surface area contributed by atoms with Crippen LogP contribution in [0.25, 0.3) is 10.2 Å². The topological polar surface area (TPSA) is 92.2 Å². The molecule has 8 nitrogen and oxygen atoms in total. The van der Waals surface area contributed by atoms with Crippen LogP contribution in [0.5, 0.6) is 5.75 Å². The Bertz CT molecular complexity index is 1500. The third kappa shape index (κ3) is 5.43. The summed E-state index contributed by atoms with van der Waals surface area (Å²) >= 11 is 4.70. The zero-order chi connectivity index (χ0) is 25.2. The molecule has 1 heterocycles. The van der Waals surface area contributed by atoms with Crippen LogP contribution in [0.15, 0.2) is 81.2 Å². The smallest absolute Gasteiger partial charge is 0.280 e. The fraction of sp³-hybridized carbons (Fsp3) is 0.125. The number of benzene rings is 3. The van der Waals surface area contributed by atoms with E-state index < -0.39 is 15.9 Å². The molecule has 1 amide bonds. The van der Waals surface area contributed by atoms with E-state index in [1.165, 1.54) is 54.7 Å². The normalized spacial score (nSPS) is 11.9. The van der Waals surface area contributed by atoms with Crippen molar-refractivity contribution in [3.05, 3.63) is 82.3 Å². The number of hydrogen-bond acceptors (Lipinski definition) is 7.